The van der Waals surface area contributed by atoms with Crippen LogP contribution in [-0.4, -0.2) is 52.9 Å². The van der Waals surface area contributed by atoms with Crippen LogP contribution in [-0.2, 0) is 0 Å². The van der Waals surface area contributed by atoms with E-state index in [1.807, 2.05) is 28.5 Å². The number of halogens is 1. The number of aryl methyl sites for hydroxylation is 1. The highest BCUT2D eigenvalue weighted by Crippen LogP contribution is 2.30. The van der Waals surface area contributed by atoms with Crippen LogP contribution < -0.4 is 15.5 Å². The number of amides is 2. The second-order valence-corrected chi connectivity index (χ2v) is 9.85. The molecule has 12 heteroatoms. The van der Waals surface area contributed by atoms with E-state index in [0.717, 1.165) is 10.6 Å². The second-order valence-electron chi connectivity index (χ2n) is 8.09. The highest BCUT2D eigenvalue weighted by atomic mass is 35.5. The molecular formula is C24H22ClN5O4S2. The minimum Gasteiger partial charge on any atom is -0.367 e. The van der Waals surface area contributed by atoms with Crippen molar-refractivity contribution in [3.63, 3.8) is 0 Å². The molecule has 0 atom stereocenters. The molecule has 1 fully saturated rings. The van der Waals surface area contributed by atoms with Crippen molar-refractivity contribution >= 4 is 69.1 Å². The lowest BCUT2D eigenvalue weighted by atomic mass is 10.1. The predicted octanol–water partition coefficient (Wildman–Crippen LogP) is 4.71. The standard InChI is InChI=1S/C24H22ClN5O4S2/c1-15-4-5-16(13-20(15)30(33)34)22(31)27-24(35)26-17-6-7-19(18(25)14-17)28-8-10-29(11-9-28)23(32)21-3-2-12-36-21/h2-7,12-14H,8-11H2,1H3,(H2,26,27,31,35). The number of hydrogen-bond acceptors (Lipinski definition) is 7. The zero-order valence-corrected chi connectivity index (χ0v) is 21.6. The van der Waals surface area contributed by atoms with Crippen molar-refractivity contribution in [2.45, 2.75) is 6.92 Å². The first-order valence-electron chi connectivity index (χ1n) is 11.0. The number of nitrogens with one attached hydrogen (secondary N) is 2. The van der Waals surface area contributed by atoms with Crippen LogP contribution in [0.25, 0.3) is 0 Å². The molecule has 9 nitrogen and oxygen atoms in total. The summed E-state index contributed by atoms with van der Waals surface area (Å²) >= 11 is 13.2. The summed E-state index contributed by atoms with van der Waals surface area (Å²) in [6.07, 6.45) is 0. The number of rotatable bonds is 5. The van der Waals surface area contributed by atoms with Crippen molar-refractivity contribution in [2.24, 2.45) is 0 Å². The van der Waals surface area contributed by atoms with Crippen molar-refractivity contribution in [3.05, 3.63) is 85.1 Å². The van der Waals surface area contributed by atoms with Crippen molar-refractivity contribution in [3.8, 4) is 0 Å². The monoisotopic (exact) mass is 543 g/mol. The minimum atomic E-state index is -0.562. The quantitative estimate of drug-likeness (QED) is 0.272. The van der Waals surface area contributed by atoms with E-state index in [9.17, 15) is 19.7 Å². The normalized spacial score (nSPS) is 13.3. The van der Waals surface area contributed by atoms with E-state index < -0.39 is 10.8 Å². The maximum absolute atomic E-state index is 12.6. The van der Waals surface area contributed by atoms with Crippen LogP contribution in [0.15, 0.2) is 53.9 Å². The van der Waals surface area contributed by atoms with Crippen LogP contribution in [0.3, 0.4) is 0 Å². The van der Waals surface area contributed by atoms with Crippen LogP contribution in [0.1, 0.15) is 25.6 Å². The fraction of sp³-hybridized carbons (Fsp3) is 0.208. The summed E-state index contributed by atoms with van der Waals surface area (Å²) in [4.78, 5) is 40.3. The Morgan fingerprint density at radius 2 is 1.86 bits per heavy atom. The van der Waals surface area contributed by atoms with E-state index in [-0.39, 0.29) is 22.3 Å². The third-order valence-corrected chi connectivity index (χ3v) is 7.10. The number of benzene rings is 2. The molecule has 0 radical (unpaired) electrons. The zero-order valence-electron chi connectivity index (χ0n) is 19.2. The van der Waals surface area contributed by atoms with Gasteiger partial charge in [-0.05, 0) is 54.9 Å². The molecule has 186 valence electrons. The number of nitro groups is 1. The Bertz CT molecular complexity index is 1320. The Labute approximate surface area is 221 Å². The largest absolute Gasteiger partial charge is 0.367 e. The number of nitrogens with zero attached hydrogens (tertiary/aromatic N) is 3. The smallest absolute Gasteiger partial charge is 0.273 e. The first-order valence-corrected chi connectivity index (χ1v) is 12.6. The maximum atomic E-state index is 12.6. The van der Waals surface area contributed by atoms with Gasteiger partial charge in [0.15, 0.2) is 5.11 Å². The van der Waals surface area contributed by atoms with Gasteiger partial charge >= 0.3 is 0 Å². The summed E-state index contributed by atoms with van der Waals surface area (Å²) in [5, 5.41) is 19.0. The highest BCUT2D eigenvalue weighted by molar-refractivity contribution is 7.80. The molecular weight excluding hydrogens is 522 g/mol. The Hall–Kier alpha value is -3.54. The molecule has 4 rings (SSSR count). The first-order chi connectivity index (χ1) is 17.2. The van der Waals surface area contributed by atoms with E-state index in [1.165, 1.54) is 29.5 Å². The van der Waals surface area contributed by atoms with Crippen LogP contribution in [0.4, 0.5) is 17.1 Å². The minimum absolute atomic E-state index is 0.0350. The molecule has 1 aliphatic rings. The molecule has 2 N–H and O–H groups in total. The van der Waals surface area contributed by atoms with Crippen molar-refractivity contribution in [1.29, 1.82) is 0 Å². The number of nitro benzene ring substituents is 1. The number of hydrogen-bond donors (Lipinski definition) is 2. The van der Waals surface area contributed by atoms with Gasteiger partial charge in [-0.2, -0.15) is 0 Å². The number of carbonyl (C=O) groups excluding carboxylic acids is 2. The topological polar surface area (TPSA) is 108 Å². The third-order valence-electron chi connectivity index (χ3n) is 5.74. The fourth-order valence-electron chi connectivity index (χ4n) is 3.83. The van der Waals surface area contributed by atoms with Gasteiger partial charge in [0.25, 0.3) is 17.5 Å². The van der Waals surface area contributed by atoms with Gasteiger partial charge in [-0.25, -0.2) is 0 Å². The molecule has 0 saturated carbocycles. The van der Waals surface area contributed by atoms with E-state index in [2.05, 4.69) is 15.5 Å². The molecule has 36 heavy (non-hydrogen) atoms. The molecule has 0 spiro atoms. The van der Waals surface area contributed by atoms with Crippen LogP contribution in [0, 0.1) is 17.0 Å². The fourth-order valence-corrected chi connectivity index (χ4v) is 5.03. The predicted molar refractivity (Wildman–Crippen MR) is 145 cm³/mol. The second kappa shape index (κ2) is 11.0. The molecule has 2 heterocycles. The van der Waals surface area contributed by atoms with Crippen LogP contribution in [0.2, 0.25) is 5.02 Å². The average Bonchev–Trinajstić information content (AvgIpc) is 3.39. The summed E-state index contributed by atoms with van der Waals surface area (Å²) in [6, 6.07) is 13.3. The Kier molecular flexibility index (Phi) is 7.82. The lowest BCUT2D eigenvalue weighted by molar-refractivity contribution is -0.385. The van der Waals surface area contributed by atoms with E-state index in [1.54, 1.807) is 19.1 Å². The molecule has 0 bridgehead atoms. The number of carbonyl (C=O) groups is 2. The lowest BCUT2D eigenvalue weighted by Gasteiger charge is -2.36. The van der Waals surface area contributed by atoms with E-state index >= 15 is 0 Å². The zero-order chi connectivity index (χ0) is 25.8. The molecule has 1 saturated heterocycles. The molecule has 1 aromatic heterocycles. The number of piperazine rings is 1. The Balaban J connectivity index is 1.34. The highest BCUT2D eigenvalue weighted by Gasteiger charge is 2.24. The summed E-state index contributed by atoms with van der Waals surface area (Å²) in [7, 11) is 0. The van der Waals surface area contributed by atoms with Gasteiger partial charge in [-0.1, -0.05) is 23.7 Å². The summed E-state index contributed by atoms with van der Waals surface area (Å²) in [5.74, 6) is -0.514. The number of thiocarbonyl (C=S) groups is 1. The van der Waals surface area contributed by atoms with E-state index in [4.69, 9.17) is 23.8 Å². The molecule has 0 unspecified atom stereocenters. The Morgan fingerprint density at radius 3 is 2.50 bits per heavy atom. The average molecular weight is 544 g/mol. The van der Waals surface area contributed by atoms with Crippen LogP contribution in [0.5, 0.6) is 0 Å². The summed E-state index contributed by atoms with van der Waals surface area (Å²) < 4.78 is 0. The molecule has 2 amide bonds. The molecule has 1 aliphatic heterocycles. The third kappa shape index (κ3) is 5.81. The van der Waals surface area contributed by atoms with Gasteiger partial charge in [0.2, 0.25) is 0 Å². The number of anilines is 2. The van der Waals surface area contributed by atoms with Crippen LogP contribution >= 0.6 is 35.2 Å². The van der Waals surface area contributed by atoms with Gasteiger partial charge in [-0.15, -0.1) is 11.3 Å². The van der Waals surface area contributed by atoms with Crippen molar-refractivity contribution in [2.75, 3.05) is 36.4 Å². The van der Waals surface area contributed by atoms with Crippen molar-refractivity contribution in [1.82, 2.24) is 10.2 Å². The molecule has 0 aliphatic carbocycles. The van der Waals surface area contributed by atoms with Gasteiger partial charge in [-0.3, -0.25) is 25.0 Å². The van der Waals surface area contributed by atoms with E-state index in [0.29, 0.717) is 42.5 Å². The number of thiophene rings is 1. The van der Waals surface area contributed by atoms with Gasteiger partial charge in [0, 0.05) is 49.1 Å². The van der Waals surface area contributed by atoms with Gasteiger partial charge in [0.1, 0.15) is 0 Å². The van der Waals surface area contributed by atoms with Crippen molar-refractivity contribution < 1.29 is 14.5 Å². The van der Waals surface area contributed by atoms with Gasteiger partial charge in [0.05, 0.1) is 20.5 Å². The molecule has 2 aromatic carbocycles. The summed E-state index contributed by atoms with van der Waals surface area (Å²) in [6.45, 7) is 4.10. The molecule has 3 aromatic rings. The summed E-state index contributed by atoms with van der Waals surface area (Å²) in [5.41, 5.74) is 1.87. The lowest BCUT2D eigenvalue weighted by Crippen LogP contribution is -2.48. The van der Waals surface area contributed by atoms with Gasteiger partial charge < -0.3 is 15.1 Å². The SMILES string of the molecule is Cc1ccc(C(=O)NC(=S)Nc2ccc(N3CCN(C(=O)c4cccs4)CC3)c(Cl)c2)cc1[N+](=O)[O-]. The maximum Gasteiger partial charge on any atom is 0.273 e. The Morgan fingerprint density at radius 1 is 1.11 bits per heavy atom. The first kappa shape index (κ1) is 25.5.